The number of fused-ring (bicyclic) bond motifs is 1. The number of carboxylic acid groups (broad SMARTS) is 1. The number of ether oxygens (including phenoxy) is 1. The van der Waals surface area contributed by atoms with Crippen LogP contribution >= 0.6 is 0 Å². The molecule has 0 spiro atoms. The summed E-state index contributed by atoms with van der Waals surface area (Å²) in [7, 11) is 0. The van der Waals surface area contributed by atoms with E-state index in [-0.39, 0.29) is 11.5 Å². The van der Waals surface area contributed by atoms with E-state index >= 15 is 0 Å². The number of benzene rings is 1. The minimum atomic E-state index is -0.781. The second-order valence-electron chi connectivity index (χ2n) is 8.00. The van der Waals surface area contributed by atoms with Crippen LogP contribution in [0.3, 0.4) is 0 Å². The van der Waals surface area contributed by atoms with E-state index < -0.39 is 6.09 Å². The van der Waals surface area contributed by atoms with Gasteiger partial charge in [-0.2, -0.15) is 0 Å². The summed E-state index contributed by atoms with van der Waals surface area (Å²) in [6.45, 7) is 11.6. The van der Waals surface area contributed by atoms with Gasteiger partial charge in [-0.3, -0.25) is 0 Å². The van der Waals surface area contributed by atoms with Crippen LogP contribution in [0.15, 0.2) is 24.3 Å². The lowest BCUT2D eigenvalue weighted by Crippen LogP contribution is -2.47. The van der Waals surface area contributed by atoms with Gasteiger partial charge in [0.05, 0.1) is 6.61 Å². The Morgan fingerprint density at radius 2 is 1.88 bits per heavy atom. The molecule has 1 aromatic rings. The minimum absolute atomic E-state index is 0.0490. The van der Waals surface area contributed by atoms with Gasteiger partial charge < -0.3 is 19.6 Å². The Labute approximate surface area is 144 Å². The van der Waals surface area contributed by atoms with Crippen molar-refractivity contribution in [3.8, 4) is 5.75 Å². The van der Waals surface area contributed by atoms with E-state index in [0.29, 0.717) is 25.0 Å². The first-order valence-electron chi connectivity index (χ1n) is 8.78. The topological polar surface area (TPSA) is 53.0 Å². The molecule has 2 fully saturated rings. The molecule has 0 radical (unpaired) electrons. The third kappa shape index (κ3) is 3.04. The van der Waals surface area contributed by atoms with Crippen LogP contribution in [0.1, 0.15) is 27.7 Å². The summed E-state index contributed by atoms with van der Waals surface area (Å²) in [6, 6.07) is 8.31. The van der Waals surface area contributed by atoms with Crippen LogP contribution < -0.4 is 9.64 Å². The second kappa shape index (κ2) is 6.19. The molecule has 1 amide bonds. The van der Waals surface area contributed by atoms with Gasteiger partial charge in [0.25, 0.3) is 0 Å². The van der Waals surface area contributed by atoms with E-state index in [1.807, 2.05) is 19.1 Å². The summed E-state index contributed by atoms with van der Waals surface area (Å²) in [4.78, 5) is 15.7. The van der Waals surface area contributed by atoms with Crippen molar-refractivity contribution in [2.24, 2.45) is 17.3 Å². The molecule has 1 aromatic carbocycles. The predicted molar refractivity (Wildman–Crippen MR) is 94.8 cm³/mol. The van der Waals surface area contributed by atoms with Crippen molar-refractivity contribution in [1.82, 2.24) is 4.90 Å². The fraction of sp³-hybridized carbons (Fsp3) is 0.632. The Hall–Kier alpha value is -1.91. The third-order valence-electron chi connectivity index (χ3n) is 5.31. The number of anilines is 1. The monoisotopic (exact) mass is 332 g/mol. The smallest absolute Gasteiger partial charge is 0.407 e. The van der Waals surface area contributed by atoms with E-state index in [4.69, 9.17) is 4.74 Å². The van der Waals surface area contributed by atoms with Crippen molar-refractivity contribution in [2.75, 3.05) is 31.1 Å². The van der Waals surface area contributed by atoms with Crippen molar-refractivity contribution < 1.29 is 14.6 Å². The highest BCUT2D eigenvalue weighted by Gasteiger charge is 2.52. The van der Waals surface area contributed by atoms with Crippen LogP contribution in [-0.4, -0.2) is 48.4 Å². The first kappa shape index (κ1) is 16.9. The first-order valence-corrected chi connectivity index (χ1v) is 8.78. The van der Waals surface area contributed by atoms with Crippen molar-refractivity contribution in [2.45, 2.75) is 33.7 Å². The lowest BCUT2D eigenvalue weighted by atomic mass is 9.78. The van der Waals surface area contributed by atoms with E-state index in [0.717, 1.165) is 18.8 Å². The molecule has 2 aliphatic heterocycles. The predicted octanol–water partition coefficient (Wildman–Crippen LogP) is 3.55. The minimum Gasteiger partial charge on any atom is -0.494 e. The number of hydrogen-bond acceptors (Lipinski definition) is 3. The highest BCUT2D eigenvalue weighted by Crippen LogP contribution is 2.44. The van der Waals surface area contributed by atoms with Gasteiger partial charge in [-0.1, -0.05) is 20.8 Å². The second-order valence-corrected chi connectivity index (χ2v) is 8.00. The standard InChI is InChI=1S/C19H28N2O3/c1-5-24-15-8-6-14(7-9-15)20-10-13-11-21(18(22)23)17(16(13)12-20)19(2,3)4/h6-9,13,16-17H,5,10-12H2,1-4H3,(H,22,23). The van der Waals surface area contributed by atoms with Crippen LogP contribution in [0.2, 0.25) is 0 Å². The van der Waals surface area contributed by atoms with Gasteiger partial charge in [-0.05, 0) is 36.6 Å². The lowest BCUT2D eigenvalue weighted by molar-refractivity contribution is 0.0926. The molecule has 0 saturated carbocycles. The van der Waals surface area contributed by atoms with E-state index in [2.05, 4.69) is 37.8 Å². The maximum atomic E-state index is 11.6. The molecule has 2 saturated heterocycles. The Bertz CT molecular complexity index is 594. The van der Waals surface area contributed by atoms with E-state index in [1.54, 1.807) is 4.90 Å². The number of amides is 1. The Kier molecular flexibility index (Phi) is 4.37. The van der Waals surface area contributed by atoms with Crippen molar-refractivity contribution in [3.05, 3.63) is 24.3 Å². The van der Waals surface area contributed by atoms with Gasteiger partial charge in [0.1, 0.15) is 5.75 Å². The molecule has 0 aliphatic carbocycles. The molecule has 2 aliphatic rings. The average molecular weight is 332 g/mol. The zero-order chi connectivity index (χ0) is 17.5. The number of carbonyl (C=O) groups is 1. The highest BCUT2D eigenvalue weighted by molar-refractivity contribution is 5.66. The quantitative estimate of drug-likeness (QED) is 0.920. The first-order chi connectivity index (χ1) is 11.3. The number of hydrogen-bond donors (Lipinski definition) is 1. The van der Waals surface area contributed by atoms with Gasteiger partial charge in [0.2, 0.25) is 0 Å². The largest absolute Gasteiger partial charge is 0.494 e. The SMILES string of the molecule is CCOc1ccc(N2CC3CN(C(=O)O)C(C(C)(C)C)C3C2)cc1. The molecule has 3 unspecified atom stereocenters. The molecule has 5 nitrogen and oxygen atoms in total. The van der Waals surface area contributed by atoms with Gasteiger partial charge in [-0.25, -0.2) is 4.79 Å². The van der Waals surface area contributed by atoms with Gasteiger partial charge in [0.15, 0.2) is 0 Å². The molecule has 132 valence electrons. The Balaban J connectivity index is 1.76. The molecular formula is C19H28N2O3. The zero-order valence-electron chi connectivity index (χ0n) is 15.0. The van der Waals surface area contributed by atoms with Crippen LogP contribution in [0.4, 0.5) is 10.5 Å². The maximum Gasteiger partial charge on any atom is 0.407 e. The Morgan fingerprint density at radius 3 is 2.42 bits per heavy atom. The summed E-state index contributed by atoms with van der Waals surface area (Å²) < 4.78 is 5.51. The lowest BCUT2D eigenvalue weighted by Gasteiger charge is -2.37. The summed E-state index contributed by atoms with van der Waals surface area (Å²) in [5.74, 6) is 1.70. The normalized spacial score (nSPS) is 26.6. The fourth-order valence-corrected chi connectivity index (χ4v) is 4.48. The molecule has 3 rings (SSSR count). The summed E-state index contributed by atoms with van der Waals surface area (Å²) >= 11 is 0. The molecule has 0 aromatic heterocycles. The van der Waals surface area contributed by atoms with Crippen molar-refractivity contribution in [3.63, 3.8) is 0 Å². The highest BCUT2D eigenvalue weighted by atomic mass is 16.5. The van der Waals surface area contributed by atoms with Gasteiger partial charge in [0, 0.05) is 43.2 Å². The van der Waals surface area contributed by atoms with Crippen molar-refractivity contribution in [1.29, 1.82) is 0 Å². The van der Waals surface area contributed by atoms with Gasteiger partial charge in [-0.15, -0.1) is 0 Å². The van der Waals surface area contributed by atoms with Crippen molar-refractivity contribution >= 4 is 11.8 Å². The van der Waals surface area contributed by atoms with E-state index in [1.165, 1.54) is 5.69 Å². The number of rotatable bonds is 3. The summed E-state index contributed by atoms with van der Waals surface area (Å²) in [5, 5.41) is 9.56. The van der Waals surface area contributed by atoms with Crippen LogP contribution in [0.5, 0.6) is 5.75 Å². The third-order valence-corrected chi connectivity index (χ3v) is 5.31. The zero-order valence-corrected chi connectivity index (χ0v) is 15.0. The molecule has 3 atom stereocenters. The average Bonchev–Trinajstić information content (AvgIpc) is 3.04. The van der Waals surface area contributed by atoms with Crippen LogP contribution in [0, 0.1) is 17.3 Å². The van der Waals surface area contributed by atoms with Crippen LogP contribution in [-0.2, 0) is 0 Å². The molecule has 0 bridgehead atoms. The molecular weight excluding hydrogens is 304 g/mol. The fourth-order valence-electron chi connectivity index (χ4n) is 4.48. The summed E-state index contributed by atoms with van der Waals surface area (Å²) in [5.41, 5.74) is 1.15. The van der Waals surface area contributed by atoms with E-state index in [9.17, 15) is 9.90 Å². The Morgan fingerprint density at radius 1 is 1.21 bits per heavy atom. The molecule has 2 heterocycles. The number of likely N-dealkylation sites (tertiary alicyclic amines) is 1. The maximum absolute atomic E-state index is 11.6. The molecule has 5 heteroatoms. The van der Waals surface area contributed by atoms with Crippen LogP contribution in [0.25, 0.3) is 0 Å². The molecule has 24 heavy (non-hydrogen) atoms. The van der Waals surface area contributed by atoms with Gasteiger partial charge >= 0.3 is 6.09 Å². The number of nitrogens with zero attached hydrogens (tertiary/aromatic N) is 2. The molecule has 1 N–H and O–H groups in total. The summed E-state index contributed by atoms with van der Waals surface area (Å²) in [6.07, 6.45) is -0.781.